The third-order valence-electron chi connectivity index (χ3n) is 0.957. The van der Waals surface area contributed by atoms with E-state index in [1.807, 2.05) is 0 Å². The lowest BCUT2D eigenvalue weighted by molar-refractivity contribution is 0.857. The molecule has 1 heteroatoms. The monoisotopic (exact) mass is 111 g/mol. The molecule has 1 saturated heterocycles. The van der Waals surface area contributed by atoms with Gasteiger partial charge in [0.1, 0.15) is 0 Å². The summed E-state index contributed by atoms with van der Waals surface area (Å²) in [6, 6.07) is 0. The van der Waals surface area contributed by atoms with Gasteiger partial charge >= 0.3 is 0 Å². The van der Waals surface area contributed by atoms with E-state index in [9.17, 15) is 0 Å². The fraction of sp³-hybridized carbons (Fsp3) is 0.714. The Bertz CT molecular complexity index is 59.3. The third-order valence-corrected chi connectivity index (χ3v) is 0.957. The Morgan fingerprint density at radius 3 is 1.88 bits per heavy atom. The van der Waals surface area contributed by atoms with Gasteiger partial charge in [-0.25, -0.2) is 0 Å². The molecule has 0 spiro atoms. The van der Waals surface area contributed by atoms with Gasteiger partial charge in [0.15, 0.2) is 0 Å². The van der Waals surface area contributed by atoms with Crippen molar-refractivity contribution in [1.82, 2.24) is 5.32 Å². The van der Waals surface area contributed by atoms with Crippen molar-refractivity contribution in [2.75, 3.05) is 13.1 Å². The largest absolute Gasteiger partial charge is 0.317 e. The summed E-state index contributed by atoms with van der Waals surface area (Å²) in [6.07, 6.45) is 7.38. The molecule has 0 aliphatic carbocycles. The van der Waals surface area contributed by atoms with Gasteiger partial charge < -0.3 is 5.32 Å². The first-order valence-electron chi connectivity index (χ1n) is 3.00. The number of hydrogen-bond acceptors (Lipinski definition) is 1. The Kier molecular flexibility index (Phi) is 6.13. The highest BCUT2D eigenvalue weighted by atomic mass is 14.9. The van der Waals surface area contributed by atoms with Crippen LogP contribution in [0, 0.1) is 12.3 Å². The van der Waals surface area contributed by atoms with Gasteiger partial charge in [-0.15, -0.1) is 12.3 Å². The molecule has 1 heterocycles. The Hall–Kier alpha value is -0.480. The smallest absolute Gasteiger partial charge is 0.00297 e. The Balaban J connectivity index is 0.000000145. The van der Waals surface area contributed by atoms with Crippen molar-refractivity contribution in [3.8, 4) is 12.3 Å². The zero-order chi connectivity index (χ0) is 6.24. The SMILES string of the molecule is C#CC.C1CCNC1. The number of hydrogen-bond donors (Lipinski definition) is 1. The van der Waals surface area contributed by atoms with E-state index in [0.29, 0.717) is 0 Å². The van der Waals surface area contributed by atoms with Crippen molar-refractivity contribution in [3.05, 3.63) is 0 Å². The molecule has 0 unspecified atom stereocenters. The second-order valence-electron chi connectivity index (χ2n) is 1.75. The first kappa shape index (κ1) is 7.52. The van der Waals surface area contributed by atoms with Gasteiger partial charge in [-0.1, -0.05) is 0 Å². The fourth-order valence-electron chi connectivity index (χ4n) is 0.625. The van der Waals surface area contributed by atoms with Gasteiger partial charge in [0, 0.05) is 0 Å². The lowest BCUT2D eigenvalue weighted by Gasteiger charge is -1.76. The van der Waals surface area contributed by atoms with Crippen LogP contribution in [0.1, 0.15) is 19.8 Å². The van der Waals surface area contributed by atoms with E-state index >= 15 is 0 Å². The van der Waals surface area contributed by atoms with Gasteiger partial charge in [0.25, 0.3) is 0 Å². The van der Waals surface area contributed by atoms with E-state index in [2.05, 4.69) is 17.7 Å². The number of terminal acetylenes is 1. The molecular formula is C7H13N. The normalized spacial score (nSPS) is 16.0. The van der Waals surface area contributed by atoms with E-state index in [0.717, 1.165) is 0 Å². The molecule has 0 amide bonds. The molecule has 0 radical (unpaired) electrons. The summed E-state index contributed by atoms with van der Waals surface area (Å²) >= 11 is 0. The van der Waals surface area contributed by atoms with E-state index in [4.69, 9.17) is 0 Å². The molecule has 0 bridgehead atoms. The van der Waals surface area contributed by atoms with Crippen LogP contribution in [-0.4, -0.2) is 13.1 Å². The van der Waals surface area contributed by atoms with Gasteiger partial charge in [-0.2, -0.15) is 0 Å². The molecule has 0 aromatic heterocycles. The molecule has 1 rings (SSSR count). The first-order chi connectivity index (χ1) is 3.91. The van der Waals surface area contributed by atoms with Crippen LogP contribution in [0.2, 0.25) is 0 Å². The molecule has 46 valence electrons. The van der Waals surface area contributed by atoms with E-state index < -0.39 is 0 Å². The summed E-state index contributed by atoms with van der Waals surface area (Å²) in [5.74, 6) is 2.25. The maximum Gasteiger partial charge on any atom is -0.00297 e. The zero-order valence-corrected chi connectivity index (χ0v) is 5.41. The summed E-state index contributed by atoms with van der Waals surface area (Å²) in [5, 5.41) is 3.22. The molecule has 1 fully saturated rings. The van der Waals surface area contributed by atoms with Gasteiger partial charge in [-0.05, 0) is 32.9 Å². The maximum absolute atomic E-state index is 4.60. The van der Waals surface area contributed by atoms with Crippen molar-refractivity contribution in [3.63, 3.8) is 0 Å². The molecule has 8 heavy (non-hydrogen) atoms. The second kappa shape index (κ2) is 6.52. The molecule has 0 atom stereocenters. The minimum atomic E-state index is 1.25. The average molecular weight is 111 g/mol. The molecule has 0 saturated carbocycles. The molecule has 0 aromatic carbocycles. The van der Waals surface area contributed by atoms with Crippen molar-refractivity contribution < 1.29 is 0 Å². The summed E-state index contributed by atoms with van der Waals surface area (Å²) in [7, 11) is 0. The van der Waals surface area contributed by atoms with Crippen molar-refractivity contribution in [2.24, 2.45) is 0 Å². The molecular weight excluding hydrogens is 98.1 g/mol. The minimum absolute atomic E-state index is 1.25. The minimum Gasteiger partial charge on any atom is -0.317 e. The molecule has 0 aromatic rings. The van der Waals surface area contributed by atoms with Crippen LogP contribution in [0.25, 0.3) is 0 Å². The maximum atomic E-state index is 4.60. The highest BCUT2D eigenvalue weighted by molar-refractivity contribution is 4.73. The highest BCUT2D eigenvalue weighted by Gasteiger charge is 1.93. The van der Waals surface area contributed by atoms with E-state index in [-0.39, 0.29) is 0 Å². The Morgan fingerprint density at radius 1 is 1.38 bits per heavy atom. The van der Waals surface area contributed by atoms with Crippen LogP contribution >= 0.6 is 0 Å². The zero-order valence-electron chi connectivity index (χ0n) is 5.41. The van der Waals surface area contributed by atoms with Crippen LogP contribution in [0.5, 0.6) is 0 Å². The molecule has 1 aliphatic rings. The second-order valence-corrected chi connectivity index (χ2v) is 1.75. The summed E-state index contributed by atoms with van der Waals surface area (Å²) in [6.45, 7) is 4.15. The molecule has 1 N–H and O–H groups in total. The third kappa shape index (κ3) is 5.52. The Morgan fingerprint density at radius 2 is 1.75 bits per heavy atom. The lowest BCUT2D eigenvalue weighted by atomic mass is 10.4. The topological polar surface area (TPSA) is 12.0 Å². The summed E-state index contributed by atoms with van der Waals surface area (Å²) in [4.78, 5) is 0. The van der Waals surface area contributed by atoms with Crippen LogP contribution < -0.4 is 5.32 Å². The van der Waals surface area contributed by atoms with Crippen molar-refractivity contribution in [1.29, 1.82) is 0 Å². The van der Waals surface area contributed by atoms with Crippen LogP contribution in [0.3, 0.4) is 0 Å². The standard InChI is InChI=1S/C4H9N.C3H4/c1-2-4-5-3-1;1-3-2/h5H,1-4H2;1H,2H3. The van der Waals surface area contributed by atoms with E-state index in [1.54, 1.807) is 6.92 Å². The highest BCUT2D eigenvalue weighted by Crippen LogP contribution is 1.90. The van der Waals surface area contributed by atoms with Crippen LogP contribution in [0.4, 0.5) is 0 Å². The average Bonchev–Trinajstić information content (AvgIpc) is 2.17. The summed E-state index contributed by atoms with van der Waals surface area (Å²) in [5.41, 5.74) is 0. The predicted molar refractivity (Wildman–Crippen MR) is 36.6 cm³/mol. The van der Waals surface area contributed by atoms with Gasteiger partial charge in [0.05, 0.1) is 0 Å². The molecule has 1 aliphatic heterocycles. The van der Waals surface area contributed by atoms with Crippen LogP contribution in [0.15, 0.2) is 0 Å². The fourth-order valence-corrected chi connectivity index (χ4v) is 0.625. The van der Waals surface area contributed by atoms with Crippen molar-refractivity contribution in [2.45, 2.75) is 19.8 Å². The van der Waals surface area contributed by atoms with Crippen molar-refractivity contribution >= 4 is 0 Å². The predicted octanol–water partition coefficient (Wildman–Crippen LogP) is 1.01. The lowest BCUT2D eigenvalue weighted by Crippen LogP contribution is -2.03. The Labute approximate surface area is 51.5 Å². The van der Waals surface area contributed by atoms with Crippen LogP contribution in [-0.2, 0) is 0 Å². The van der Waals surface area contributed by atoms with E-state index in [1.165, 1.54) is 25.9 Å². The quantitative estimate of drug-likeness (QED) is 0.460. The summed E-state index contributed by atoms with van der Waals surface area (Å²) < 4.78 is 0. The molecule has 1 nitrogen and oxygen atoms in total. The van der Waals surface area contributed by atoms with Gasteiger partial charge in [0.2, 0.25) is 0 Å². The number of rotatable bonds is 0. The van der Waals surface area contributed by atoms with Gasteiger partial charge in [-0.3, -0.25) is 0 Å². The number of nitrogens with one attached hydrogen (secondary N) is 1. The first-order valence-corrected chi connectivity index (χ1v) is 3.00.